The van der Waals surface area contributed by atoms with E-state index >= 15 is 4.79 Å². The first kappa shape index (κ1) is 38.9. The SMILES string of the molecule is CCOc1cc(C(Nc2ccc3c(N)nccc3c2)C(=O)N2CC[C@@H](C(=O)OC)[C@@H]2c2cc(NC(C)=O)ccc2S(=O)(=O)C(C)C)ccc1OC(C)C. The van der Waals surface area contributed by atoms with Gasteiger partial charge in [0, 0.05) is 36.4 Å². The van der Waals surface area contributed by atoms with Gasteiger partial charge in [-0.15, -0.1) is 0 Å². The second kappa shape index (κ2) is 16.1. The lowest BCUT2D eigenvalue weighted by Gasteiger charge is -2.33. The Balaban J connectivity index is 1.70. The number of nitrogens with two attached hydrogens (primary N) is 1. The van der Waals surface area contributed by atoms with Crippen molar-refractivity contribution in [3.63, 3.8) is 0 Å². The normalized spacial score (nSPS) is 16.4. The zero-order chi connectivity index (χ0) is 38.6. The van der Waals surface area contributed by atoms with Crippen LogP contribution in [-0.4, -0.2) is 67.7 Å². The molecule has 0 spiro atoms. The van der Waals surface area contributed by atoms with Crippen molar-refractivity contribution >= 4 is 55.6 Å². The molecule has 2 heterocycles. The molecule has 14 heteroatoms. The molecule has 1 fully saturated rings. The van der Waals surface area contributed by atoms with E-state index in [1.54, 1.807) is 44.3 Å². The first-order valence-corrected chi connectivity index (χ1v) is 19.1. The van der Waals surface area contributed by atoms with Crippen LogP contribution in [0.5, 0.6) is 11.5 Å². The quantitative estimate of drug-likeness (QED) is 0.136. The molecule has 0 saturated carbocycles. The number of carbonyl (C=O) groups excluding carboxylic acids is 3. The minimum absolute atomic E-state index is 0.0424. The van der Waals surface area contributed by atoms with Crippen molar-refractivity contribution in [1.82, 2.24) is 9.88 Å². The summed E-state index contributed by atoms with van der Waals surface area (Å²) in [5, 5.41) is 6.84. The molecule has 2 amide bonds. The first-order valence-electron chi connectivity index (χ1n) is 17.5. The summed E-state index contributed by atoms with van der Waals surface area (Å²) in [5.74, 6) is -0.994. The molecule has 1 unspecified atom stereocenters. The van der Waals surface area contributed by atoms with Gasteiger partial charge in [-0.25, -0.2) is 13.4 Å². The summed E-state index contributed by atoms with van der Waals surface area (Å²) in [6.07, 6.45) is 1.67. The highest BCUT2D eigenvalue weighted by Crippen LogP contribution is 2.44. The number of aromatic nitrogens is 1. The van der Waals surface area contributed by atoms with Crippen LogP contribution in [0.25, 0.3) is 10.8 Å². The number of methoxy groups -OCH3 is 1. The third-order valence-corrected chi connectivity index (χ3v) is 11.3. The minimum Gasteiger partial charge on any atom is -0.490 e. The fourth-order valence-electron chi connectivity index (χ4n) is 6.63. The van der Waals surface area contributed by atoms with Crippen LogP contribution in [0.4, 0.5) is 17.2 Å². The highest BCUT2D eigenvalue weighted by atomic mass is 32.2. The van der Waals surface area contributed by atoms with Crippen LogP contribution in [0.3, 0.4) is 0 Å². The van der Waals surface area contributed by atoms with Crippen molar-refractivity contribution in [2.45, 2.75) is 76.3 Å². The Bertz CT molecular complexity index is 2120. The van der Waals surface area contributed by atoms with Crippen LogP contribution in [0.15, 0.2) is 71.8 Å². The molecule has 1 aromatic heterocycles. The lowest BCUT2D eigenvalue weighted by Crippen LogP contribution is -2.40. The number of rotatable bonds is 13. The number of carbonyl (C=O) groups is 3. The number of hydrogen-bond acceptors (Lipinski definition) is 11. The summed E-state index contributed by atoms with van der Waals surface area (Å²) in [6.45, 7) is 10.6. The molecule has 1 saturated heterocycles. The lowest BCUT2D eigenvalue weighted by atomic mass is 9.92. The topological polar surface area (TPSA) is 179 Å². The Morgan fingerprint density at radius 3 is 2.38 bits per heavy atom. The fraction of sp³-hybridized carbons (Fsp3) is 0.385. The van der Waals surface area contributed by atoms with Crippen LogP contribution in [-0.2, 0) is 29.0 Å². The van der Waals surface area contributed by atoms with E-state index in [2.05, 4.69) is 15.6 Å². The van der Waals surface area contributed by atoms with Gasteiger partial charge in [0.2, 0.25) is 11.8 Å². The van der Waals surface area contributed by atoms with Gasteiger partial charge in [0.05, 0.1) is 41.9 Å². The monoisotopic (exact) mass is 745 g/mol. The molecular weight excluding hydrogens is 699 g/mol. The zero-order valence-corrected chi connectivity index (χ0v) is 31.8. The summed E-state index contributed by atoms with van der Waals surface area (Å²) in [6, 6.07) is 14.9. The number of sulfone groups is 1. The predicted octanol–water partition coefficient (Wildman–Crippen LogP) is 6.06. The third kappa shape index (κ3) is 8.32. The van der Waals surface area contributed by atoms with E-state index in [0.717, 1.165) is 10.8 Å². The van der Waals surface area contributed by atoms with Crippen molar-refractivity contribution in [1.29, 1.82) is 0 Å². The molecule has 0 radical (unpaired) electrons. The average Bonchev–Trinajstić information content (AvgIpc) is 3.55. The molecular formula is C39H47N5O8S. The molecule has 53 heavy (non-hydrogen) atoms. The Morgan fingerprint density at radius 2 is 1.72 bits per heavy atom. The van der Waals surface area contributed by atoms with Gasteiger partial charge in [-0.2, -0.15) is 0 Å². The summed E-state index contributed by atoms with van der Waals surface area (Å²) in [7, 11) is -2.68. The molecule has 4 N–H and O–H groups in total. The van der Waals surface area contributed by atoms with E-state index in [1.165, 1.54) is 37.1 Å². The number of ether oxygens (including phenoxy) is 3. The maximum atomic E-state index is 15.2. The molecule has 4 aromatic rings. The minimum atomic E-state index is -3.93. The number of nitrogens with zero attached hydrogens (tertiary/aromatic N) is 2. The van der Waals surface area contributed by atoms with Gasteiger partial charge in [-0.05, 0) is 112 Å². The number of hydrogen-bond donors (Lipinski definition) is 3. The van der Waals surface area contributed by atoms with Gasteiger partial charge in [0.25, 0.3) is 0 Å². The average molecular weight is 746 g/mol. The predicted molar refractivity (Wildman–Crippen MR) is 204 cm³/mol. The van der Waals surface area contributed by atoms with E-state index in [4.69, 9.17) is 19.9 Å². The van der Waals surface area contributed by atoms with E-state index in [0.29, 0.717) is 40.9 Å². The number of amides is 2. The molecule has 0 aliphatic carbocycles. The molecule has 5 rings (SSSR count). The van der Waals surface area contributed by atoms with Gasteiger partial charge in [0.1, 0.15) is 11.9 Å². The number of fused-ring (bicyclic) bond motifs is 1. The zero-order valence-electron chi connectivity index (χ0n) is 31.0. The molecule has 3 atom stereocenters. The largest absolute Gasteiger partial charge is 0.490 e. The van der Waals surface area contributed by atoms with E-state index in [-0.39, 0.29) is 35.4 Å². The standard InChI is InChI=1S/C39H47N5O8S/c1-8-51-33-20-26(9-13-32(33)52-22(2)3)35(43-27-10-12-29-25(19-27)15-17-41-37(29)40)38(46)44-18-16-30(39(47)50-7)36(44)31-21-28(42-24(6)45)11-14-34(31)53(48,49)23(4)5/h9-15,17,19-23,30,35-36,43H,8,16,18H2,1-7H3,(H2,40,41)(H,42,45)/t30-,35?,36-/m1/s1. The second-order valence-electron chi connectivity index (χ2n) is 13.4. The van der Waals surface area contributed by atoms with Gasteiger partial charge in [-0.1, -0.05) is 6.07 Å². The smallest absolute Gasteiger partial charge is 0.311 e. The summed E-state index contributed by atoms with van der Waals surface area (Å²) >= 11 is 0. The van der Waals surface area contributed by atoms with Crippen LogP contribution in [0.1, 0.15) is 71.2 Å². The molecule has 13 nitrogen and oxygen atoms in total. The number of anilines is 3. The number of nitrogens with one attached hydrogen (secondary N) is 2. The van der Waals surface area contributed by atoms with E-state index in [1.807, 2.05) is 39.0 Å². The van der Waals surface area contributed by atoms with Gasteiger partial charge >= 0.3 is 5.97 Å². The highest BCUT2D eigenvalue weighted by Gasteiger charge is 2.46. The molecule has 3 aromatic carbocycles. The first-order chi connectivity index (χ1) is 25.2. The van der Waals surface area contributed by atoms with Crippen molar-refractivity contribution in [3.05, 3.63) is 78.0 Å². The number of pyridine rings is 1. The molecule has 1 aliphatic rings. The second-order valence-corrected chi connectivity index (χ2v) is 15.9. The third-order valence-electron chi connectivity index (χ3n) is 9.08. The Hall–Kier alpha value is -5.37. The lowest BCUT2D eigenvalue weighted by molar-refractivity contribution is -0.147. The number of likely N-dealkylation sites (tertiary alicyclic amines) is 1. The molecule has 1 aliphatic heterocycles. The maximum absolute atomic E-state index is 15.2. The summed E-state index contributed by atoms with van der Waals surface area (Å²) in [4.78, 5) is 46.3. The highest BCUT2D eigenvalue weighted by molar-refractivity contribution is 7.92. The number of benzene rings is 3. The molecule has 282 valence electrons. The van der Waals surface area contributed by atoms with Crippen LogP contribution in [0.2, 0.25) is 0 Å². The summed E-state index contributed by atoms with van der Waals surface area (Å²) < 4.78 is 44.9. The maximum Gasteiger partial charge on any atom is 0.311 e. The van der Waals surface area contributed by atoms with Crippen molar-refractivity contribution in [2.24, 2.45) is 5.92 Å². The van der Waals surface area contributed by atoms with Gasteiger partial charge in [0.15, 0.2) is 21.3 Å². The van der Waals surface area contributed by atoms with Crippen LogP contribution < -0.4 is 25.8 Å². The van der Waals surface area contributed by atoms with Crippen LogP contribution >= 0.6 is 0 Å². The number of nitrogen functional groups attached to an aromatic ring is 1. The Kier molecular flexibility index (Phi) is 11.8. The van der Waals surface area contributed by atoms with Crippen molar-refractivity contribution in [2.75, 3.05) is 36.6 Å². The van der Waals surface area contributed by atoms with E-state index in [9.17, 15) is 18.0 Å². The molecule has 0 bridgehead atoms. The Morgan fingerprint density at radius 1 is 0.981 bits per heavy atom. The van der Waals surface area contributed by atoms with E-state index < -0.39 is 45.0 Å². The van der Waals surface area contributed by atoms with Crippen LogP contribution in [0, 0.1) is 5.92 Å². The Labute approximate surface area is 310 Å². The van der Waals surface area contributed by atoms with Crippen molar-refractivity contribution < 1.29 is 37.0 Å². The summed E-state index contributed by atoms with van der Waals surface area (Å²) in [5.41, 5.74) is 7.77. The van der Waals surface area contributed by atoms with Gasteiger partial charge in [-0.3, -0.25) is 14.4 Å². The van der Waals surface area contributed by atoms with Crippen molar-refractivity contribution in [3.8, 4) is 11.5 Å². The van der Waals surface area contributed by atoms with Gasteiger partial charge < -0.3 is 35.5 Å². The number of esters is 1. The fourth-order valence-corrected chi connectivity index (χ4v) is 7.90.